The van der Waals surface area contributed by atoms with Crippen LogP contribution in [-0.2, 0) is 19.6 Å². The van der Waals surface area contributed by atoms with Gasteiger partial charge in [0.1, 0.15) is 5.60 Å². The zero-order valence-corrected chi connectivity index (χ0v) is 19.5. The van der Waals surface area contributed by atoms with Crippen LogP contribution in [0.3, 0.4) is 0 Å². The number of rotatable bonds is 4. The number of fused-ring (bicyclic) bond motifs is 1. The van der Waals surface area contributed by atoms with Crippen molar-refractivity contribution in [2.45, 2.75) is 63.6 Å². The third kappa shape index (κ3) is 4.31. The largest absolute Gasteiger partial charge is 0.444 e. The van der Waals surface area contributed by atoms with Gasteiger partial charge >= 0.3 is 6.09 Å². The van der Waals surface area contributed by atoms with Crippen LogP contribution in [0, 0.1) is 0 Å². The Bertz CT molecular complexity index is 1030. The highest BCUT2D eigenvalue weighted by molar-refractivity contribution is 7.89. The lowest BCUT2D eigenvalue weighted by molar-refractivity contribution is -0.114. The fraction of sp³-hybridized carbons (Fsp3) is 0.571. The number of carbonyl (C=O) groups is 3. The first-order valence-corrected chi connectivity index (χ1v) is 11.7. The number of nitrogens with zero attached hydrogens (tertiary/aromatic N) is 3. The molecule has 0 aliphatic carbocycles. The Kier molecular flexibility index (Phi) is 5.92. The van der Waals surface area contributed by atoms with E-state index >= 15 is 0 Å². The van der Waals surface area contributed by atoms with E-state index in [2.05, 4.69) is 0 Å². The van der Waals surface area contributed by atoms with Gasteiger partial charge in [0.15, 0.2) is 0 Å². The van der Waals surface area contributed by atoms with Crippen LogP contribution >= 0.6 is 0 Å². The summed E-state index contributed by atoms with van der Waals surface area (Å²) in [6.07, 6.45) is -0.0366. The van der Waals surface area contributed by atoms with Gasteiger partial charge in [-0.2, -0.15) is 4.31 Å². The van der Waals surface area contributed by atoms with Gasteiger partial charge in [-0.25, -0.2) is 13.2 Å². The Morgan fingerprint density at radius 3 is 2.45 bits per heavy atom. The maximum absolute atomic E-state index is 13.2. The van der Waals surface area contributed by atoms with Gasteiger partial charge in [-0.1, -0.05) is 0 Å². The molecule has 2 aliphatic rings. The predicted molar refractivity (Wildman–Crippen MR) is 115 cm³/mol. The van der Waals surface area contributed by atoms with Crippen LogP contribution in [0.25, 0.3) is 0 Å². The first-order valence-electron chi connectivity index (χ1n) is 10.2. The van der Waals surface area contributed by atoms with Crippen molar-refractivity contribution in [2.75, 3.05) is 25.0 Å². The summed E-state index contributed by atoms with van der Waals surface area (Å²) in [5.74, 6) is -1.36. The number of ketones is 1. The second-order valence-corrected chi connectivity index (χ2v) is 11.1. The lowest BCUT2D eigenvalue weighted by Gasteiger charge is -2.28. The minimum Gasteiger partial charge on any atom is -0.444 e. The number of amides is 2. The van der Waals surface area contributed by atoms with E-state index < -0.39 is 33.4 Å². The number of hydrogen-bond donors (Lipinski definition) is 0. The highest BCUT2D eigenvalue weighted by Gasteiger charge is 2.40. The van der Waals surface area contributed by atoms with Crippen molar-refractivity contribution in [3.63, 3.8) is 0 Å². The number of carbonyl (C=O) groups excluding carboxylic acids is 3. The van der Waals surface area contributed by atoms with Gasteiger partial charge in [0.25, 0.3) is 11.7 Å². The summed E-state index contributed by atoms with van der Waals surface area (Å²) in [5, 5.41) is 0. The predicted octanol–water partition coefficient (Wildman–Crippen LogP) is 2.25. The average Bonchev–Trinajstić information content (AvgIpc) is 3.24. The zero-order valence-electron chi connectivity index (χ0n) is 18.7. The molecule has 1 unspecified atom stereocenters. The molecule has 0 radical (unpaired) electrons. The van der Waals surface area contributed by atoms with Crippen LogP contribution in [0.4, 0.5) is 10.5 Å². The molecule has 3 rings (SSSR count). The summed E-state index contributed by atoms with van der Waals surface area (Å²) >= 11 is 0. The molecule has 10 heteroatoms. The second-order valence-electron chi connectivity index (χ2n) is 9.17. The lowest BCUT2D eigenvalue weighted by Crippen LogP contribution is -2.42. The first-order chi connectivity index (χ1) is 14.2. The van der Waals surface area contributed by atoms with E-state index in [1.807, 2.05) is 0 Å². The molecule has 0 saturated carbocycles. The van der Waals surface area contributed by atoms with E-state index in [4.69, 9.17) is 4.74 Å². The highest BCUT2D eigenvalue weighted by Crippen LogP contribution is 2.34. The summed E-state index contributed by atoms with van der Waals surface area (Å²) in [4.78, 5) is 39.7. The van der Waals surface area contributed by atoms with Gasteiger partial charge in [-0.05, 0) is 59.2 Å². The number of ether oxygens (including phenoxy) is 1. The van der Waals surface area contributed by atoms with Gasteiger partial charge in [0.05, 0.1) is 16.1 Å². The molecule has 0 bridgehead atoms. The summed E-state index contributed by atoms with van der Waals surface area (Å²) in [6.45, 7) is 9.24. The topological polar surface area (TPSA) is 104 Å². The van der Waals surface area contributed by atoms with Gasteiger partial charge in [0, 0.05) is 32.2 Å². The van der Waals surface area contributed by atoms with Gasteiger partial charge in [0.2, 0.25) is 10.0 Å². The SMILES string of the molecule is CC(C)N1C(=O)C(=O)c2cc(S(=O)(=O)N3CCC(N(C)C(=O)OC(C)(C)C)C3)ccc21. The van der Waals surface area contributed by atoms with Crippen LogP contribution in [0.15, 0.2) is 23.1 Å². The molecule has 1 atom stereocenters. The Morgan fingerprint density at radius 2 is 1.87 bits per heavy atom. The number of benzene rings is 1. The van der Waals surface area contributed by atoms with E-state index in [1.54, 1.807) is 41.7 Å². The molecule has 31 heavy (non-hydrogen) atoms. The Balaban J connectivity index is 1.80. The van der Waals surface area contributed by atoms with E-state index in [-0.39, 0.29) is 35.6 Å². The molecule has 2 aliphatic heterocycles. The van der Waals surface area contributed by atoms with Crippen molar-refractivity contribution in [3.8, 4) is 0 Å². The summed E-state index contributed by atoms with van der Waals surface area (Å²) in [5.41, 5.74) is -0.122. The number of hydrogen-bond acceptors (Lipinski definition) is 6. The fourth-order valence-electron chi connectivity index (χ4n) is 3.79. The first kappa shape index (κ1) is 23.2. The molecule has 1 saturated heterocycles. The van der Waals surface area contributed by atoms with Crippen molar-refractivity contribution in [1.82, 2.24) is 9.21 Å². The normalized spacial score (nSPS) is 19.8. The standard InChI is InChI=1S/C21H29N3O6S/c1-13(2)24-17-8-7-15(11-16(17)18(25)19(24)26)31(28,29)23-10-9-14(12-23)22(6)20(27)30-21(3,4)5/h7-8,11,13-14H,9-10,12H2,1-6H3. The summed E-state index contributed by atoms with van der Waals surface area (Å²) in [7, 11) is -2.30. The van der Waals surface area contributed by atoms with Crippen LogP contribution < -0.4 is 4.90 Å². The molecule has 170 valence electrons. The number of Topliss-reactive ketones (excluding diaryl/α,β-unsaturated/α-hetero) is 1. The van der Waals surface area contributed by atoms with E-state index in [0.717, 1.165) is 0 Å². The van der Waals surface area contributed by atoms with E-state index in [9.17, 15) is 22.8 Å². The number of likely N-dealkylation sites (N-methyl/N-ethyl adjacent to an activating group) is 1. The minimum absolute atomic E-state index is 0.0430. The minimum atomic E-state index is -3.89. The third-order valence-corrected chi connectivity index (χ3v) is 7.26. The maximum atomic E-state index is 13.2. The van der Waals surface area contributed by atoms with E-state index in [1.165, 1.54) is 32.3 Å². The van der Waals surface area contributed by atoms with Crippen molar-refractivity contribution in [2.24, 2.45) is 0 Å². The Hall–Kier alpha value is -2.46. The third-order valence-electron chi connectivity index (χ3n) is 5.39. The second kappa shape index (κ2) is 7.90. The molecule has 9 nitrogen and oxygen atoms in total. The van der Waals surface area contributed by atoms with Crippen molar-refractivity contribution in [1.29, 1.82) is 0 Å². The molecule has 1 aromatic carbocycles. The number of sulfonamides is 1. The summed E-state index contributed by atoms with van der Waals surface area (Å²) < 4.78 is 33.0. The molecule has 0 spiro atoms. The van der Waals surface area contributed by atoms with Crippen LogP contribution in [0.1, 0.15) is 51.4 Å². The average molecular weight is 452 g/mol. The smallest absolute Gasteiger partial charge is 0.410 e. The van der Waals surface area contributed by atoms with Crippen LogP contribution in [0.2, 0.25) is 0 Å². The quantitative estimate of drug-likeness (QED) is 0.651. The highest BCUT2D eigenvalue weighted by atomic mass is 32.2. The molecule has 2 heterocycles. The van der Waals surface area contributed by atoms with Crippen molar-refractivity contribution >= 4 is 33.5 Å². The molecule has 0 aromatic heterocycles. The van der Waals surface area contributed by atoms with Crippen molar-refractivity contribution < 1.29 is 27.5 Å². The van der Waals surface area contributed by atoms with Gasteiger partial charge in [-0.15, -0.1) is 0 Å². The molecule has 2 amide bonds. The van der Waals surface area contributed by atoms with Crippen LogP contribution in [-0.4, -0.2) is 73.2 Å². The maximum Gasteiger partial charge on any atom is 0.410 e. The Morgan fingerprint density at radius 1 is 1.23 bits per heavy atom. The van der Waals surface area contributed by atoms with Gasteiger partial charge < -0.3 is 14.5 Å². The molecular weight excluding hydrogens is 422 g/mol. The van der Waals surface area contributed by atoms with E-state index in [0.29, 0.717) is 12.1 Å². The monoisotopic (exact) mass is 451 g/mol. The van der Waals surface area contributed by atoms with Crippen molar-refractivity contribution in [3.05, 3.63) is 23.8 Å². The fourth-order valence-corrected chi connectivity index (χ4v) is 5.31. The molecule has 1 aromatic rings. The number of anilines is 1. The molecular formula is C21H29N3O6S. The zero-order chi connectivity index (χ0) is 23.3. The Labute approximate surface area is 183 Å². The lowest BCUT2D eigenvalue weighted by atomic mass is 10.1. The van der Waals surface area contributed by atoms with Gasteiger partial charge in [-0.3, -0.25) is 9.59 Å². The summed E-state index contributed by atoms with van der Waals surface area (Å²) in [6, 6.07) is 3.66. The molecule has 0 N–H and O–H groups in total. The van der Waals surface area contributed by atoms with Crippen LogP contribution in [0.5, 0.6) is 0 Å². The molecule has 1 fully saturated rings.